The molecule has 7 aromatic carbocycles. The quantitative estimate of drug-likeness (QED) is 0.161. The number of nitrogens with zero attached hydrogens (tertiary/aromatic N) is 2. The molecule has 0 unspecified atom stereocenters. The van der Waals surface area contributed by atoms with Crippen LogP contribution >= 0.6 is 11.3 Å². The zero-order valence-electron chi connectivity index (χ0n) is 37.4. The van der Waals surface area contributed by atoms with Crippen LogP contribution in [0.15, 0.2) is 187 Å². The minimum absolute atomic E-state index is 0. The predicted molar refractivity (Wildman–Crippen MR) is 243 cm³/mol. The molecule has 0 aliphatic rings. The Hall–Kier alpha value is -6.49. The minimum atomic E-state index is -2.27. The maximum Gasteiger partial charge on any atom is 0.128 e. The first-order valence-electron chi connectivity index (χ1n) is 21.9. The fourth-order valence-electron chi connectivity index (χ4n) is 7.47. The van der Waals surface area contributed by atoms with Crippen LogP contribution in [-0.2, 0) is 20.1 Å². The van der Waals surface area contributed by atoms with Crippen LogP contribution in [0.1, 0.15) is 19.4 Å². The number of para-hydroxylation sites is 1. The average molecular weight is 959 g/mol. The number of hydrogen-bond donors (Lipinski definition) is 0. The molecule has 3 nitrogen and oxygen atoms in total. The van der Waals surface area contributed by atoms with Crippen LogP contribution in [0.4, 0.5) is 0 Å². The summed E-state index contributed by atoms with van der Waals surface area (Å²) in [6, 6.07) is 62.2. The van der Waals surface area contributed by atoms with Gasteiger partial charge in [-0.25, -0.2) is 0 Å². The molecule has 0 amide bonds. The summed E-state index contributed by atoms with van der Waals surface area (Å²) in [7, 11) is 0. The van der Waals surface area contributed by atoms with Crippen molar-refractivity contribution in [2.24, 2.45) is 0 Å². The molecule has 11 aromatic rings. The summed E-state index contributed by atoms with van der Waals surface area (Å²) >= 11 is 1.78. The molecule has 0 aliphatic heterocycles. The number of benzene rings is 7. The number of thiophene rings is 1. The molecule has 11 rings (SSSR count). The molecule has 1 radical (unpaired) electrons. The van der Waals surface area contributed by atoms with Crippen LogP contribution in [0.3, 0.4) is 0 Å². The average Bonchev–Trinajstić information content (AvgIpc) is 3.90. The van der Waals surface area contributed by atoms with Gasteiger partial charge < -0.3 is 14.4 Å². The summed E-state index contributed by atoms with van der Waals surface area (Å²) in [4.78, 5) is 9.04. The molecule has 0 atom stereocenters. The zero-order chi connectivity index (χ0) is 44.0. The topological polar surface area (TPSA) is 38.9 Å². The van der Waals surface area contributed by atoms with E-state index in [2.05, 4.69) is 120 Å². The van der Waals surface area contributed by atoms with Gasteiger partial charge in [-0.15, -0.1) is 58.9 Å². The van der Waals surface area contributed by atoms with E-state index >= 15 is 0 Å². The Morgan fingerprint density at radius 3 is 2.00 bits per heavy atom. The summed E-state index contributed by atoms with van der Waals surface area (Å²) in [5, 5.41) is 4.65. The molecule has 4 aromatic heterocycles. The molecule has 5 heteroatoms. The largest absolute Gasteiger partial charge is 0.500 e. The molecular formula is C54H36IrN2OS-2. The predicted octanol–water partition coefficient (Wildman–Crippen LogP) is 15.0. The Balaban J connectivity index is 0.000000174. The Kier molecular flexibility index (Phi) is 8.76. The van der Waals surface area contributed by atoms with Gasteiger partial charge in [-0.05, 0) is 62.9 Å². The van der Waals surface area contributed by atoms with E-state index in [-0.39, 0.29) is 31.2 Å². The standard InChI is InChI=1S/C35H20NOS.C19H16N.Ir/c1-2-8-22(9-3-1)23-16-18-24(19-17-23)25-11-6-12-27-28-13-7-14-29(35(28)37-34(25)27)31-20-30-26-10-4-5-15-32(26)38-33(30)21-36-31;1-14-8-11-19(20-13-14)17-10-9-15(2)18(12-17)16-6-4-3-5-7-16;/h1-13,15-21H;3-9,11-13H,1-2H3;/q2*-1;/i;1D3,2D3;. The number of rotatable bonds is 5. The Morgan fingerprint density at radius 1 is 0.525 bits per heavy atom. The molecule has 0 saturated carbocycles. The van der Waals surface area contributed by atoms with E-state index in [1.165, 1.54) is 49.6 Å². The van der Waals surface area contributed by atoms with Crippen molar-refractivity contribution in [1.82, 2.24) is 9.97 Å². The van der Waals surface area contributed by atoms with Crippen molar-refractivity contribution in [3.05, 3.63) is 206 Å². The first-order valence-corrected chi connectivity index (χ1v) is 19.7. The van der Waals surface area contributed by atoms with Crippen LogP contribution in [0.25, 0.3) is 98.0 Å². The summed E-state index contributed by atoms with van der Waals surface area (Å²) in [6.07, 6.45) is 3.29. The van der Waals surface area contributed by atoms with E-state index in [9.17, 15) is 0 Å². The molecule has 0 N–H and O–H groups in total. The Labute approximate surface area is 369 Å². The van der Waals surface area contributed by atoms with Crippen LogP contribution in [0.5, 0.6) is 0 Å². The van der Waals surface area contributed by atoms with E-state index in [1.807, 2.05) is 48.7 Å². The van der Waals surface area contributed by atoms with E-state index < -0.39 is 13.7 Å². The van der Waals surface area contributed by atoms with E-state index in [1.54, 1.807) is 23.5 Å². The van der Waals surface area contributed by atoms with Crippen LogP contribution in [-0.4, -0.2) is 9.97 Å². The first-order chi connectivity index (χ1) is 31.0. The van der Waals surface area contributed by atoms with Gasteiger partial charge in [0.15, 0.2) is 0 Å². The van der Waals surface area contributed by atoms with Gasteiger partial charge in [0.1, 0.15) is 5.58 Å². The van der Waals surface area contributed by atoms with Crippen molar-refractivity contribution < 1.29 is 32.7 Å². The van der Waals surface area contributed by atoms with Crippen molar-refractivity contribution in [3.63, 3.8) is 0 Å². The second-order valence-electron chi connectivity index (χ2n) is 14.0. The first kappa shape index (κ1) is 31.5. The van der Waals surface area contributed by atoms with Crippen LogP contribution < -0.4 is 0 Å². The summed E-state index contributed by atoms with van der Waals surface area (Å²) in [5.41, 5.74) is 11.0. The third kappa shape index (κ3) is 7.41. The maximum atomic E-state index is 7.77. The molecule has 0 bridgehead atoms. The van der Waals surface area contributed by atoms with Gasteiger partial charge in [0.25, 0.3) is 0 Å². The molecule has 4 heterocycles. The van der Waals surface area contributed by atoms with Gasteiger partial charge in [-0.1, -0.05) is 163 Å². The van der Waals surface area contributed by atoms with Gasteiger partial charge in [0.2, 0.25) is 0 Å². The second kappa shape index (κ2) is 16.4. The van der Waals surface area contributed by atoms with E-state index in [0.717, 1.165) is 49.9 Å². The van der Waals surface area contributed by atoms with Gasteiger partial charge >= 0.3 is 0 Å². The molecule has 0 fully saturated rings. The molecular weight excluding hydrogens is 917 g/mol. The summed E-state index contributed by atoms with van der Waals surface area (Å²) in [6.45, 7) is -4.48. The fourth-order valence-corrected chi connectivity index (χ4v) is 8.53. The number of fused-ring (bicyclic) bond motifs is 6. The van der Waals surface area contributed by atoms with Gasteiger partial charge in [0, 0.05) is 56.4 Å². The number of pyridine rings is 2. The Bertz CT molecular complexity index is 3460. The van der Waals surface area contributed by atoms with Gasteiger partial charge in [-0.3, -0.25) is 0 Å². The van der Waals surface area contributed by atoms with Gasteiger partial charge in [-0.2, -0.15) is 0 Å². The van der Waals surface area contributed by atoms with Crippen molar-refractivity contribution in [2.75, 3.05) is 0 Å². The number of aryl methyl sites for hydroxylation is 2. The SMILES string of the molecule is [2H]C([2H])([2H])c1ccc(-c2[c-]cc(C([2H])([2H])[2H])c(-c3ccccc3)c2)nc1.[Ir].[c-]1ccc2c(oc3c(-c4ccc(-c5ccccc5)cc4)cccc32)c1-c1cc2c(cn1)sc1ccccc12. The summed E-state index contributed by atoms with van der Waals surface area (Å²) in [5.74, 6) is 0. The van der Waals surface area contributed by atoms with Gasteiger partial charge in [0.05, 0.1) is 10.3 Å². The molecule has 59 heavy (non-hydrogen) atoms. The smallest absolute Gasteiger partial charge is 0.128 e. The van der Waals surface area contributed by atoms with E-state index in [4.69, 9.17) is 17.6 Å². The number of furan rings is 1. The summed E-state index contributed by atoms with van der Waals surface area (Å²) < 4.78 is 54.7. The molecule has 0 saturated heterocycles. The van der Waals surface area contributed by atoms with E-state index in [0.29, 0.717) is 16.8 Å². The van der Waals surface area contributed by atoms with Crippen molar-refractivity contribution in [3.8, 4) is 55.9 Å². The second-order valence-corrected chi connectivity index (χ2v) is 15.0. The maximum absolute atomic E-state index is 7.77. The molecule has 0 aliphatic carbocycles. The third-order valence-corrected chi connectivity index (χ3v) is 11.5. The third-order valence-electron chi connectivity index (χ3n) is 10.4. The van der Waals surface area contributed by atoms with Crippen LogP contribution in [0.2, 0.25) is 0 Å². The van der Waals surface area contributed by atoms with Crippen molar-refractivity contribution >= 4 is 53.4 Å². The number of aromatic nitrogens is 2. The zero-order valence-corrected chi connectivity index (χ0v) is 34.6. The fraction of sp³-hybridized carbons (Fsp3) is 0.0370. The van der Waals surface area contributed by atoms with Crippen molar-refractivity contribution in [1.29, 1.82) is 0 Å². The normalized spacial score (nSPS) is 13.0. The Morgan fingerprint density at radius 2 is 1.22 bits per heavy atom. The van der Waals surface area contributed by atoms with Crippen LogP contribution in [0, 0.1) is 25.8 Å². The minimum Gasteiger partial charge on any atom is -0.500 e. The molecule has 0 spiro atoms. The van der Waals surface area contributed by atoms with Crippen molar-refractivity contribution in [2.45, 2.75) is 13.7 Å². The molecule has 285 valence electrons. The number of hydrogen-bond acceptors (Lipinski definition) is 4. The monoisotopic (exact) mass is 959 g/mol.